The van der Waals surface area contributed by atoms with E-state index in [4.69, 9.17) is 5.11 Å². The fourth-order valence-corrected chi connectivity index (χ4v) is 1.61. The number of aromatic carboxylic acids is 1. The van der Waals surface area contributed by atoms with E-state index in [-0.39, 0.29) is 5.56 Å². The van der Waals surface area contributed by atoms with E-state index in [0.29, 0.717) is 10.9 Å². The third-order valence-electron chi connectivity index (χ3n) is 1.39. The first kappa shape index (κ1) is 9.98. The number of carboxylic acids is 1. The zero-order valence-corrected chi connectivity index (χ0v) is 8.26. The summed E-state index contributed by atoms with van der Waals surface area (Å²) in [6.45, 7) is 3.69. The molecule has 0 fully saturated rings. The van der Waals surface area contributed by atoms with Crippen molar-refractivity contribution in [3.8, 4) is 0 Å². The molecular formula is C8H10N2O2S. The van der Waals surface area contributed by atoms with Crippen molar-refractivity contribution in [3.05, 3.63) is 17.6 Å². The van der Waals surface area contributed by atoms with E-state index in [1.165, 1.54) is 18.0 Å². The Morgan fingerprint density at radius 2 is 2.38 bits per heavy atom. The van der Waals surface area contributed by atoms with Crippen LogP contribution in [0.1, 0.15) is 23.1 Å². The third-order valence-corrected chi connectivity index (χ3v) is 2.26. The van der Waals surface area contributed by atoms with E-state index in [2.05, 4.69) is 9.97 Å². The SMILES string of the molecule is CCSc1nc(C)ncc1C(=O)O. The van der Waals surface area contributed by atoms with Crippen molar-refractivity contribution in [1.82, 2.24) is 9.97 Å². The Hall–Kier alpha value is -1.10. The molecule has 70 valence electrons. The van der Waals surface area contributed by atoms with Gasteiger partial charge in [-0.3, -0.25) is 0 Å². The second-order valence-corrected chi connectivity index (χ2v) is 3.63. The van der Waals surface area contributed by atoms with Crippen LogP contribution in [0.4, 0.5) is 0 Å². The third kappa shape index (κ3) is 2.42. The smallest absolute Gasteiger partial charge is 0.340 e. The Labute approximate surface area is 80.4 Å². The molecule has 1 aromatic rings. The Kier molecular flexibility index (Phi) is 3.25. The van der Waals surface area contributed by atoms with Gasteiger partial charge in [-0.25, -0.2) is 14.8 Å². The fraction of sp³-hybridized carbons (Fsp3) is 0.375. The number of aryl methyl sites for hydroxylation is 1. The van der Waals surface area contributed by atoms with Crippen molar-refractivity contribution in [2.75, 3.05) is 5.75 Å². The highest BCUT2D eigenvalue weighted by molar-refractivity contribution is 7.99. The van der Waals surface area contributed by atoms with Gasteiger partial charge in [0.15, 0.2) is 0 Å². The molecule has 0 amide bonds. The summed E-state index contributed by atoms with van der Waals surface area (Å²) in [4.78, 5) is 18.6. The quantitative estimate of drug-likeness (QED) is 0.590. The van der Waals surface area contributed by atoms with Crippen LogP contribution >= 0.6 is 11.8 Å². The highest BCUT2D eigenvalue weighted by Gasteiger charge is 2.11. The molecule has 0 aliphatic heterocycles. The van der Waals surface area contributed by atoms with Crippen molar-refractivity contribution < 1.29 is 9.90 Å². The van der Waals surface area contributed by atoms with Gasteiger partial charge in [-0.1, -0.05) is 6.92 Å². The molecular weight excluding hydrogens is 188 g/mol. The highest BCUT2D eigenvalue weighted by Crippen LogP contribution is 2.19. The van der Waals surface area contributed by atoms with Crippen molar-refractivity contribution >= 4 is 17.7 Å². The monoisotopic (exact) mass is 198 g/mol. The molecule has 0 aliphatic carbocycles. The molecule has 1 heterocycles. The summed E-state index contributed by atoms with van der Waals surface area (Å²) >= 11 is 1.41. The molecule has 1 rings (SSSR count). The lowest BCUT2D eigenvalue weighted by Crippen LogP contribution is -2.03. The summed E-state index contributed by atoms with van der Waals surface area (Å²) < 4.78 is 0. The fourth-order valence-electron chi connectivity index (χ4n) is 0.843. The molecule has 0 bridgehead atoms. The van der Waals surface area contributed by atoms with Gasteiger partial charge >= 0.3 is 5.97 Å². The predicted octanol–water partition coefficient (Wildman–Crippen LogP) is 1.60. The van der Waals surface area contributed by atoms with E-state index in [1.54, 1.807) is 6.92 Å². The molecule has 0 saturated carbocycles. The summed E-state index contributed by atoms with van der Waals surface area (Å²) in [5.41, 5.74) is 0.178. The van der Waals surface area contributed by atoms with Gasteiger partial charge in [-0.05, 0) is 12.7 Å². The normalized spacial score (nSPS) is 10.0. The maximum Gasteiger partial charge on any atom is 0.340 e. The minimum Gasteiger partial charge on any atom is -0.478 e. The summed E-state index contributed by atoms with van der Waals surface area (Å²) in [7, 11) is 0. The summed E-state index contributed by atoms with van der Waals surface area (Å²) in [6, 6.07) is 0. The maximum atomic E-state index is 10.7. The zero-order chi connectivity index (χ0) is 9.84. The number of hydrogen-bond acceptors (Lipinski definition) is 4. The Morgan fingerprint density at radius 3 is 2.92 bits per heavy atom. The van der Waals surface area contributed by atoms with E-state index >= 15 is 0 Å². The lowest BCUT2D eigenvalue weighted by Gasteiger charge is -2.02. The lowest BCUT2D eigenvalue weighted by molar-refractivity contribution is 0.0691. The van der Waals surface area contributed by atoms with E-state index in [1.807, 2.05) is 6.92 Å². The summed E-state index contributed by atoms with van der Waals surface area (Å²) in [6.07, 6.45) is 1.35. The van der Waals surface area contributed by atoms with Crippen LogP contribution in [0, 0.1) is 6.92 Å². The van der Waals surface area contributed by atoms with Gasteiger partial charge in [0, 0.05) is 6.20 Å². The molecule has 4 nitrogen and oxygen atoms in total. The molecule has 5 heteroatoms. The zero-order valence-electron chi connectivity index (χ0n) is 7.44. The van der Waals surface area contributed by atoms with Crippen LogP contribution in [0.3, 0.4) is 0 Å². The first-order valence-electron chi connectivity index (χ1n) is 3.85. The molecule has 1 N–H and O–H groups in total. The predicted molar refractivity (Wildman–Crippen MR) is 50.1 cm³/mol. The number of carbonyl (C=O) groups is 1. The second-order valence-electron chi connectivity index (χ2n) is 2.37. The average Bonchev–Trinajstić information content (AvgIpc) is 2.04. The number of hydrogen-bond donors (Lipinski definition) is 1. The molecule has 0 aliphatic rings. The van der Waals surface area contributed by atoms with Crippen molar-refractivity contribution in [2.45, 2.75) is 18.9 Å². The average molecular weight is 198 g/mol. The van der Waals surface area contributed by atoms with Crippen LogP contribution < -0.4 is 0 Å². The number of carboxylic acid groups (broad SMARTS) is 1. The standard InChI is InChI=1S/C8H10N2O2S/c1-3-13-7-6(8(11)12)4-9-5(2)10-7/h4H,3H2,1-2H3,(H,11,12). The molecule has 0 aromatic carbocycles. The van der Waals surface area contributed by atoms with Crippen LogP contribution in [0.5, 0.6) is 0 Å². The van der Waals surface area contributed by atoms with Crippen molar-refractivity contribution in [3.63, 3.8) is 0 Å². The highest BCUT2D eigenvalue weighted by atomic mass is 32.2. The number of rotatable bonds is 3. The Morgan fingerprint density at radius 1 is 1.69 bits per heavy atom. The first-order valence-corrected chi connectivity index (χ1v) is 4.83. The van der Waals surface area contributed by atoms with E-state index < -0.39 is 5.97 Å². The molecule has 13 heavy (non-hydrogen) atoms. The number of nitrogens with zero attached hydrogens (tertiary/aromatic N) is 2. The topological polar surface area (TPSA) is 63.1 Å². The largest absolute Gasteiger partial charge is 0.478 e. The van der Waals surface area contributed by atoms with Crippen molar-refractivity contribution in [2.24, 2.45) is 0 Å². The van der Waals surface area contributed by atoms with E-state index in [9.17, 15) is 4.79 Å². The summed E-state index contributed by atoms with van der Waals surface area (Å²) in [5, 5.41) is 9.33. The van der Waals surface area contributed by atoms with Crippen LogP contribution in [-0.4, -0.2) is 26.8 Å². The van der Waals surface area contributed by atoms with Crippen LogP contribution in [0.25, 0.3) is 0 Å². The molecule has 0 atom stereocenters. The van der Waals surface area contributed by atoms with Gasteiger partial charge in [0.1, 0.15) is 16.4 Å². The van der Waals surface area contributed by atoms with Gasteiger partial charge in [0.25, 0.3) is 0 Å². The van der Waals surface area contributed by atoms with Gasteiger partial charge < -0.3 is 5.11 Å². The minimum atomic E-state index is -0.976. The van der Waals surface area contributed by atoms with Gasteiger partial charge in [0.05, 0.1) is 0 Å². The number of thioether (sulfide) groups is 1. The maximum absolute atomic E-state index is 10.7. The Bertz CT molecular complexity index is 328. The van der Waals surface area contributed by atoms with Gasteiger partial charge in [-0.2, -0.15) is 0 Å². The molecule has 0 unspecified atom stereocenters. The molecule has 0 spiro atoms. The van der Waals surface area contributed by atoms with Crippen LogP contribution in [0.2, 0.25) is 0 Å². The minimum absolute atomic E-state index is 0.178. The van der Waals surface area contributed by atoms with Crippen molar-refractivity contribution in [1.29, 1.82) is 0 Å². The van der Waals surface area contributed by atoms with Gasteiger partial charge in [0.2, 0.25) is 0 Å². The summed E-state index contributed by atoms with van der Waals surface area (Å²) in [5.74, 6) is 0.424. The Balaban J connectivity index is 3.10. The lowest BCUT2D eigenvalue weighted by atomic mass is 10.3. The van der Waals surface area contributed by atoms with Gasteiger partial charge in [-0.15, -0.1) is 11.8 Å². The molecule has 0 radical (unpaired) electrons. The molecule has 0 saturated heterocycles. The van der Waals surface area contributed by atoms with E-state index in [0.717, 1.165) is 5.75 Å². The number of aromatic nitrogens is 2. The first-order chi connectivity index (χ1) is 6.15. The van der Waals surface area contributed by atoms with Crippen LogP contribution in [0.15, 0.2) is 11.2 Å². The van der Waals surface area contributed by atoms with Crippen LogP contribution in [-0.2, 0) is 0 Å². The second kappa shape index (κ2) is 4.23. The molecule has 1 aromatic heterocycles.